The van der Waals surface area contributed by atoms with E-state index < -0.39 is 0 Å². The van der Waals surface area contributed by atoms with E-state index in [-0.39, 0.29) is 0 Å². The van der Waals surface area contributed by atoms with Crippen LogP contribution in [0, 0.1) is 0 Å². The maximum atomic E-state index is 5.74. The molecule has 0 bridgehead atoms. The Morgan fingerprint density at radius 3 is 3.05 bits per heavy atom. The highest BCUT2D eigenvalue weighted by Crippen LogP contribution is 2.44. The molecule has 2 aliphatic rings. The summed E-state index contributed by atoms with van der Waals surface area (Å²) in [6.45, 7) is 2.78. The molecule has 118 valence electrons. The predicted molar refractivity (Wildman–Crippen MR) is 104 cm³/mol. The Labute approximate surface area is 138 Å². The third kappa shape index (κ3) is 2.85. The van der Waals surface area contributed by atoms with Crippen molar-refractivity contribution in [2.75, 3.05) is 35.3 Å². The minimum absolute atomic E-state index is 0.310. The van der Waals surface area contributed by atoms with Crippen molar-refractivity contribution < 1.29 is 0 Å². The molecule has 0 spiro atoms. The molecule has 1 aromatic rings. The van der Waals surface area contributed by atoms with Gasteiger partial charge in [-0.1, -0.05) is 11.9 Å². The summed E-state index contributed by atoms with van der Waals surface area (Å²) >= 11 is 1.83. The summed E-state index contributed by atoms with van der Waals surface area (Å²) in [6.07, 6.45) is 5.16. The fourth-order valence-electron chi connectivity index (χ4n) is 2.63. The van der Waals surface area contributed by atoms with Gasteiger partial charge in [0, 0.05) is 29.6 Å². The van der Waals surface area contributed by atoms with Gasteiger partial charge in [0.05, 0.1) is 12.2 Å². The maximum absolute atomic E-state index is 5.74. The molecule has 0 aromatic carbocycles. The first kappa shape index (κ1) is 15.4. The predicted octanol–water partition coefficient (Wildman–Crippen LogP) is 3.32. The van der Waals surface area contributed by atoms with Crippen LogP contribution in [0.1, 0.15) is 18.2 Å². The van der Waals surface area contributed by atoms with Gasteiger partial charge in [0.2, 0.25) is 0 Å². The lowest BCUT2D eigenvalue weighted by molar-refractivity contribution is 1.02. The van der Waals surface area contributed by atoms with Crippen LogP contribution in [0.25, 0.3) is 5.57 Å². The molecule has 22 heavy (non-hydrogen) atoms. The van der Waals surface area contributed by atoms with Crippen molar-refractivity contribution in [1.82, 2.24) is 0 Å². The minimum atomic E-state index is 0.310. The average molecular weight is 335 g/mol. The number of anilines is 2. The fourth-order valence-corrected chi connectivity index (χ4v) is 4.98. The number of allylic oxidation sites excluding steroid dienone is 2. The van der Waals surface area contributed by atoms with Crippen LogP contribution in [-0.2, 0) is 0 Å². The molecule has 4 nitrogen and oxygen atoms in total. The molecule has 0 saturated heterocycles. The number of thiophene rings is 1. The van der Waals surface area contributed by atoms with E-state index in [1.54, 1.807) is 6.20 Å². The van der Waals surface area contributed by atoms with Gasteiger partial charge in [0.15, 0.2) is 0 Å². The molecule has 0 amide bonds. The van der Waals surface area contributed by atoms with Crippen LogP contribution in [-0.4, -0.2) is 36.8 Å². The zero-order chi connectivity index (χ0) is 15.7. The highest BCUT2D eigenvalue weighted by atomic mass is 32.2. The summed E-state index contributed by atoms with van der Waals surface area (Å²) in [5.74, 6) is 7.47. The molecule has 0 saturated carbocycles. The Morgan fingerprint density at radius 2 is 2.41 bits per heavy atom. The largest absolute Gasteiger partial charge is 0.403 e. The van der Waals surface area contributed by atoms with E-state index in [9.17, 15) is 0 Å². The van der Waals surface area contributed by atoms with Gasteiger partial charge in [0.1, 0.15) is 10.8 Å². The van der Waals surface area contributed by atoms with E-state index >= 15 is 0 Å². The molecule has 3 heterocycles. The maximum Gasteiger partial charge on any atom is 0.121 e. The van der Waals surface area contributed by atoms with Crippen LogP contribution < -0.4 is 16.0 Å². The molecular formula is C16H22N4S2. The number of hydrogen-bond donors (Lipinski definition) is 2. The molecule has 3 rings (SSSR count). The standard InChI is InChI=1S/C16H22N4S2/c1-11(9-17)20-10-15(18-2)19-13-8-14(21-16(13)20)12-4-6-22(3)7-5-12/h4,8-9H,3,5-7,10,17H2,1-2H3,(H,18,19)/b11-9-. The topological polar surface area (TPSA) is 53.6 Å². The zero-order valence-corrected chi connectivity index (χ0v) is 14.7. The van der Waals surface area contributed by atoms with Crippen LogP contribution in [0.2, 0.25) is 0 Å². The summed E-state index contributed by atoms with van der Waals surface area (Å²) in [5, 5.41) is 4.66. The quantitative estimate of drug-likeness (QED) is 0.816. The summed E-state index contributed by atoms with van der Waals surface area (Å²) in [7, 11) is 2.13. The summed E-state index contributed by atoms with van der Waals surface area (Å²) in [4.78, 5) is 7.91. The molecule has 0 fully saturated rings. The second-order valence-electron chi connectivity index (χ2n) is 5.48. The van der Waals surface area contributed by atoms with Crippen molar-refractivity contribution in [1.29, 1.82) is 0 Å². The molecule has 1 aromatic heterocycles. The van der Waals surface area contributed by atoms with Crippen molar-refractivity contribution in [3.8, 4) is 0 Å². The van der Waals surface area contributed by atoms with Crippen LogP contribution in [0.3, 0.4) is 0 Å². The lowest BCUT2D eigenvalue weighted by Gasteiger charge is -2.30. The normalized spacial score (nSPS) is 24.0. The Hall–Kier alpha value is -1.53. The van der Waals surface area contributed by atoms with Crippen LogP contribution in [0.5, 0.6) is 0 Å². The molecule has 1 unspecified atom stereocenters. The summed E-state index contributed by atoms with van der Waals surface area (Å²) in [5.41, 5.74) is 9.37. The summed E-state index contributed by atoms with van der Waals surface area (Å²) < 4.78 is 0. The second-order valence-corrected chi connectivity index (χ2v) is 8.48. The van der Waals surface area contributed by atoms with Crippen molar-refractivity contribution >= 4 is 49.8 Å². The number of amidine groups is 1. The Bertz CT molecular complexity index is 697. The first-order valence-corrected chi connectivity index (χ1v) is 9.86. The van der Waals surface area contributed by atoms with Crippen molar-refractivity contribution in [2.24, 2.45) is 10.7 Å². The van der Waals surface area contributed by atoms with E-state index in [0.717, 1.165) is 35.9 Å². The van der Waals surface area contributed by atoms with Crippen LogP contribution in [0.15, 0.2) is 29.0 Å². The van der Waals surface area contributed by atoms with Crippen molar-refractivity contribution in [3.63, 3.8) is 0 Å². The lowest BCUT2D eigenvalue weighted by atomic mass is 10.1. The third-order valence-corrected chi connectivity index (χ3v) is 6.68. The van der Waals surface area contributed by atoms with Gasteiger partial charge in [-0.05, 0) is 30.7 Å². The number of aliphatic imine (C=N–C) groups is 1. The number of nitrogens with one attached hydrogen (secondary N) is 1. The van der Waals surface area contributed by atoms with Crippen molar-refractivity contribution in [3.05, 3.63) is 28.9 Å². The number of rotatable bonds is 2. The van der Waals surface area contributed by atoms with Crippen LogP contribution >= 0.6 is 21.8 Å². The molecule has 1 atom stereocenters. The van der Waals surface area contributed by atoms with E-state index in [1.807, 2.05) is 25.3 Å². The second kappa shape index (κ2) is 6.30. The van der Waals surface area contributed by atoms with Gasteiger partial charge in [0.25, 0.3) is 0 Å². The third-order valence-electron chi connectivity index (χ3n) is 4.02. The van der Waals surface area contributed by atoms with E-state index in [0.29, 0.717) is 10.5 Å². The molecule has 0 radical (unpaired) electrons. The highest BCUT2D eigenvalue weighted by molar-refractivity contribution is 8.14. The van der Waals surface area contributed by atoms with Gasteiger partial charge in [-0.15, -0.1) is 11.3 Å². The van der Waals surface area contributed by atoms with Gasteiger partial charge in [-0.3, -0.25) is 4.99 Å². The number of nitrogens with two attached hydrogens (primary N) is 1. The molecule has 2 aliphatic heterocycles. The smallest absolute Gasteiger partial charge is 0.121 e. The fraction of sp³-hybridized carbons (Fsp3) is 0.375. The Morgan fingerprint density at radius 1 is 1.59 bits per heavy atom. The first-order valence-electron chi connectivity index (χ1n) is 7.31. The number of fused-ring (bicyclic) bond motifs is 1. The zero-order valence-electron chi connectivity index (χ0n) is 13.1. The van der Waals surface area contributed by atoms with E-state index in [2.05, 4.69) is 33.2 Å². The van der Waals surface area contributed by atoms with Crippen LogP contribution in [0.4, 0.5) is 10.7 Å². The van der Waals surface area contributed by atoms with E-state index in [4.69, 9.17) is 5.73 Å². The van der Waals surface area contributed by atoms with Gasteiger partial charge in [-0.25, -0.2) is 0 Å². The molecule has 3 N–H and O–H groups in total. The van der Waals surface area contributed by atoms with Crippen molar-refractivity contribution in [2.45, 2.75) is 13.3 Å². The first-order chi connectivity index (χ1) is 10.6. The average Bonchev–Trinajstić information content (AvgIpc) is 2.97. The number of hydrogen-bond acceptors (Lipinski definition) is 4. The van der Waals surface area contributed by atoms with Gasteiger partial charge >= 0.3 is 0 Å². The summed E-state index contributed by atoms with van der Waals surface area (Å²) in [6, 6.07) is 2.25. The minimum Gasteiger partial charge on any atom is -0.403 e. The van der Waals surface area contributed by atoms with Gasteiger partial charge in [-0.2, -0.15) is 10.5 Å². The monoisotopic (exact) mass is 334 g/mol. The van der Waals surface area contributed by atoms with Gasteiger partial charge < -0.3 is 16.0 Å². The van der Waals surface area contributed by atoms with E-state index in [1.165, 1.54) is 21.2 Å². The Kier molecular flexibility index (Phi) is 4.40. The highest BCUT2D eigenvalue weighted by Gasteiger charge is 2.25. The molecular weight excluding hydrogens is 312 g/mol. The SMILES string of the molecule is C=S1CC=C(c2cc3c(s2)N(/C(C)=C\N)CC(=NC)N3)CC1. The number of nitrogens with zero attached hydrogens (tertiary/aromatic N) is 2. The molecule has 0 aliphatic carbocycles. The Balaban J connectivity index is 1.99. The lowest BCUT2D eigenvalue weighted by Crippen LogP contribution is -2.36. The molecule has 6 heteroatoms.